The van der Waals surface area contributed by atoms with E-state index in [9.17, 15) is 4.39 Å². The summed E-state index contributed by atoms with van der Waals surface area (Å²) in [5, 5.41) is 4.06. The molecule has 4 heteroatoms. The molecule has 0 aromatic heterocycles. The van der Waals surface area contributed by atoms with Gasteiger partial charge in [0.15, 0.2) is 0 Å². The van der Waals surface area contributed by atoms with Crippen LogP contribution in [0.1, 0.15) is 37.8 Å². The average molecular weight is 262 g/mol. The lowest BCUT2D eigenvalue weighted by Gasteiger charge is -2.30. The Morgan fingerprint density at radius 1 is 1.38 bits per heavy atom. The van der Waals surface area contributed by atoms with Crippen LogP contribution in [0.15, 0.2) is 12.1 Å². The fraction of sp³-hybridized carbons (Fsp3) is 0.500. The van der Waals surface area contributed by atoms with Gasteiger partial charge in [0.1, 0.15) is 5.82 Å². The van der Waals surface area contributed by atoms with Crippen molar-refractivity contribution in [3.63, 3.8) is 0 Å². The second-order valence-corrected chi connectivity index (χ2v) is 5.06. The van der Waals surface area contributed by atoms with Gasteiger partial charge < -0.3 is 5.32 Å². The van der Waals surface area contributed by atoms with Crippen LogP contribution in [0.25, 0.3) is 0 Å². The molecule has 1 nitrogen and oxygen atoms in total. The van der Waals surface area contributed by atoms with Gasteiger partial charge in [0, 0.05) is 22.7 Å². The summed E-state index contributed by atoms with van der Waals surface area (Å²) in [6.45, 7) is 1.96. The quantitative estimate of drug-likeness (QED) is 0.799. The third kappa shape index (κ3) is 2.34. The van der Waals surface area contributed by atoms with Gasteiger partial charge in [-0.05, 0) is 31.9 Å². The molecular formula is C12H14Cl2FN. The molecule has 1 N–H and O–H groups in total. The molecule has 1 fully saturated rings. The first kappa shape index (κ1) is 12.2. The van der Waals surface area contributed by atoms with E-state index in [-0.39, 0.29) is 11.1 Å². The van der Waals surface area contributed by atoms with Crippen LogP contribution < -0.4 is 5.32 Å². The molecule has 1 aromatic rings. The number of rotatable bonds is 3. The summed E-state index contributed by atoms with van der Waals surface area (Å²) in [6.07, 6.45) is 3.61. The first-order valence-corrected chi connectivity index (χ1v) is 6.24. The van der Waals surface area contributed by atoms with Crippen LogP contribution >= 0.6 is 23.2 Å². The molecule has 0 bridgehead atoms. The zero-order valence-electron chi connectivity index (χ0n) is 9.06. The molecule has 88 valence electrons. The zero-order chi connectivity index (χ0) is 11.7. The molecule has 2 rings (SSSR count). The van der Waals surface area contributed by atoms with Crippen molar-refractivity contribution in [3.8, 4) is 0 Å². The average Bonchev–Trinajstić information content (AvgIpc) is 2.18. The van der Waals surface area contributed by atoms with Crippen LogP contribution in [-0.4, -0.2) is 6.04 Å². The summed E-state index contributed by atoms with van der Waals surface area (Å²) in [6, 6.07) is 3.35. The predicted molar refractivity (Wildman–Crippen MR) is 65.6 cm³/mol. The SMILES string of the molecule is CC(NC1CCC1)c1c(Cl)ccc(F)c1Cl. The molecule has 0 saturated heterocycles. The van der Waals surface area contributed by atoms with Crippen LogP contribution in [0, 0.1) is 5.82 Å². The minimum atomic E-state index is -0.414. The summed E-state index contributed by atoms with van der Waals surface area (Å²) in [4.78, 5) is 0. The lowest BCUT2D eigenvalue weighted by molar-refractivity contribution is 0.313. The second kappa shape index (κ2) is 4.91. The van der Waals surface area contributed by atoms with Crippen LogP contribution in [0.4, 0.5) is 4.39 Å². The van der Waals surface area contributed by atoms with E-state index in [2.05, 4.69) is 5.32 Å². The number of hydrogen-bond donors (Lipinski definition) is 1. The van der Waals surface area contributed by atoms with Gasteiger partial charge in [-0.15, -0.1) is 0 Å². The normalized spacial score (nSPS) is 18.2. The van der Waals surface area contributed by atoms with Crippen molar-refractivity contribution in [1.82, 2.24) is 5.32 Å². The Bertz CT molecular complexity index is 391. The lowest BCUT2D eigenvalue weighted by atomic mass is 9.92. The fourth-order valence-corrected chi connectivity index (χ4v) is 2.65. The van der Waals surface area contributed by atoms with E-state index >= 15 is 0 Å². The molecule has 1 saturated carbocycles. The van der Waals surface area contributed by atoms with E-state index in [0.717, 1.165) is 0 Å². The minimum absolute atomic E-state index is 0.0130. The predicted octanol–water partition coefficient (Wildman–Crippen LogP) is 4.34. The first-order chi connectivity index (χ1) is 7.59. The van der Waals surface area contributed by atoms with Crippen molar-refractivity contribution in [1.29, 1.82) is 0 Å². The molecule has 0 amide bonds. The highest BCUT2D eigenvalue weighted by Crippen LogP contribution is 2.33. The summed E-state index contributed by atoms with van der Waals surface area (Å²) < 4.78 is 13.3. The van der Waals surface area contributed by atoms with E-state index in [1.165, 1.54) is 25.3 Å². The third-order valence-corrected chi connectivity index (χ3v) is 3.82. The summed E-state index contributed by atoms with van der Waals surface area (Å²) >= 11 is 12.0. The fourth-order valence-electron chi connectivity index (χ4n) is 1.95. The Labute approximate surface area is 105 Å². The summed E-state index contributed by atoms with van der Waals surface area (Å²) in [5.74, 6) is -0.414. The largest absolute Gasteiger partial charge is 0.307 e. The number of hydrogen-bond acceptors (Lipinski definition) is 1. The molecule has 0 aliphatic heterocycles. The Morgan fingerprint density at radius 3 is 2.62 bits per heavy atom. The summed E-state index contributed by atoms with van der Waals surface area (Å²) in [7, 11) is 0. The van der Waals surface area contributed by atoms with Crippen molar-refractivity contribution in [2.45, 2.75) is 38.3 Å². The topological polar surface area (TPSA) is 12.0 Å². The van der Waals surface area contributed by atoms with Crippen LogP contribution in [-0.2, 0) is 0 Å². The molecule has 1 aromatic carbocycles. The zero-order valence-corrected chi connectivity index (χ0v) is 10.6. The van der Waals surface area contributed by atoms with E-state index in [0.29, 0.717) is 16.6 Å². The minimum Gasteiger partial charge on any atom is -0.307 e. The molecular weight excluding hydrogens is 248 g/mol. The molecule has 1 unspecified atom stereocenters. The Balaban J connectivity index is 2.20. The highest BCUT2D eigenvalue weighted by Gasteiger charge is 2.23. The van der Waals surface area contributed by atoms with Gasteiger partial charge in [-0.25, -0.2) is 4.39 Å². The lowest BCUT2D eigenvalue weighted by Crippen LogP contribution is -2.37. The highest BCUT2D eigenvalue weighted by atomic mass is 35.5. The second-order valence-electron chi connectivity index (χ2n) is 4.27. The number of benzene rings is 1. The number of halogens is 3. The molecule has 1 aliphatic carbocycles. The smallest absolute Gasteiger partial charge is 0.142 e. The third-order valence-electron chi connectivity index (χ3n) is 3.10. The van der Waals surface area contributed by atoms with Crippen LogP contribution in [0.5, 0.6) is 0 Å². The summed E-state index contributed by atoms with van der Waals surface area (Å²) in [5.41, 5.74) is 0.662. The standard InChI is InChI=1S/C12H14Cl2FN/c1-7(16-8-3-2-4-8)11-9(13)5-6-10(15)12(11)14/h5-8,16H,2-4H2,1H3. The van der Waals surface area contributed by atoms with Crippen molar-refractivity contribution in [2.24, 2.45) is 0 Å². The Morgan fingerprint density at radius 2 is 2.06 bits per heavy atom. The van der Waals surface area contributed by atoms with Gasteiger partial charge in [-0.2, -0.15) is 0 Å². The van der Waals surface area contributed by atoms with Gasteiger partial charge in [-0.3, -0.25) is 0 Å². The molecule has 1 atom stereocenters. The first-order valence-electron chi connectivity index (χ1n) is 5.49. The number of nitrogens with one attached hydrogen (secondary N) is 1. The maximum absolute atomic E-state index is 13.3. The molecule has 0 radical (unpaired) electrons. The maximum Gasteiger partial charge on any atom is 0.142 e. The van der Waals surface area contributed by atoms with E-state index in [1.54, 1.807) is 6.07 Å². The van der Waals surface area contributed by atoms with Gasteiger partial charge in [0.2, 0.25) is 0 Å². The monoisotopic (exact) mass is 261 g/mol. The molecule has 16 heavy (non-hydrogen) atoms. The highest BCUT2D eigenvalue weighted by molar-refractivity contribution is 6.36. The van der Waals surface area contributed by atoms with Crippen molar-refractivity contribution < 1.29 is 4.39 Å². The Kier molecular flexibility index (Phi) is 3.73. The molecule has 1 aliphatic rings. The molecule has 0 spiro atoms. The van der Waals surface area contributed by atoms with Gasteiger partial charge in [0.25, 0.3) is 0 Å². The van der Waals surface area contributed by atoms with Gasteiger partial charge >= 0.3 is 0 Å². The van der Waals surface area contributed by atoms with Crippen LogP contribution in [0.3, 0.4) is 0 Å². The van der Waals surface area contributed by atoms with Crippen LogP contribution in [0.2, 0.25) is 10.0 Å². The Hall–Kier alpha value is -0.310. The van der Waals surface area contributed by atoms with Crippen molar-refractivity contribution in [2.75, 3.05) is 0 Å². The molecule has 0 heterocycles. The van der Waals surface area contributed by atoms with Gasteiger partial charge in [0.05, 0.1) is 5.02 Å². The van der Waals surface area contributed by atoms with E-state index in [1.807, 2.05) is 6.92 Å². The van der Waals surface area contributed by atoms with E-state index in [4.69, 9.17) is 23.2 Å². The maximum atomic E-state index is 13.3. The van der Waals surface area contributed by atoms with E-state index < -0.39 is 5.82 Å². The van der Waals surface area contributed by atoms with Crippen molar-refractivity contribution >= 4 is 23.2 Å². The van der Waals surface area contributed by atoms with Crippen molar-refractivity contribution in [3.05, 3.63) is 33.6 Å². The van der Waals surface area contributed by atoms with Gasteiger partial charge in [-0.1, -0.05) is 29.6 Å².